The van der Waals surface area contributed by atoms with Crippen LogP contribution in [-0.2, 0) is 14.8 Å². The molecule has 1 aliphatic heterocycles. The van der Waals surface area contributed by atoms with E-state index in [-0.39, 0.29) is 23.8 Å². The number of aromatic nitrogens is 1. The highest BCUT2D eigenvalue weighted by Crippen LogP contribution is 2.21. The lowest BCUT2D eigenvalue weighted by Crippen LogP contribution is -2.34. The average Bonchev–Trinajstić information content (AvgIpc) is 2.97. The fourth-order valence-electron chi connectivity index (χ4n) is 2.51. The van der Waals surface area contributed by atoms with Gasteiger partial charge in [0.25, 0.3) is 0 Å². The maximum absolute atomic E-state index is 12.3. The van der Waals surface area contributed by atoms with Crippen LogP contribution in [0, 0.1) is 5.92 Å². The first-order chi connectivity index (χ1) is 9.98. The van der Waals surface area contributed by atoms with E-state index >= 15 is 0 Å². The molecule has 2 rings (SSSR count). The van der Waals surface area contributed by atoms with E-state index in [1.54, 1.807) is 6.20 Å². The molecule has 1 fully saturated rings. The van der Waals surface area contributed by atoms with Crippen LogP contribution in [0.4, 0.5) is 0 Å². The van der Waals surface area contributed by atoms with Crippen molar-refractivity contribution in [2.45, 2.75) is 45.3 Å². The minimum Gasteiger partial charge on any atom is -0.378 e. The summed E-state index contributed by atoms with van der Waals surface area (Å²) in [6.45, 7) is 4.73. The predicted molar refractivity (Wildman–Crippen MR) is 82.3 cm³/mol. The minimum absolute atomic E-state index is 0.0916. The number of sulfonamides is 1. The van der Waals surface area contributed by atoms with Gasteiger partial charge in [0.1, 0.15) is 0 Å². The summed E-state index contributed by atoms with van der Waals surface area (Å²) in [5, 5.41) is 0. The molecule has 2 heterocycles. The van der Waals surface area contributed by atoms with E-state index < -0.39 is 10.0 Å². The second kappa shape index (κ2) is 7.33. The summed E-state index contributed by atoms with van der Waals surface area (Å²) in [5.74, 6) is 0.241. The molecule has 0 amide bonds. The highest BCUT2D eigenvalue weighted by molar-refractivity contribution is 7.89. The van der Waals surface area contributed by atoms with Gasteiger partial charge in [0.2, 0.25) is 10.0 Å². The van der Waals surface area contributed by atoms with E-state index in [9.17, 15) is 8.42 Å². The normalized spacial score (nSPS) is 20.8. The van der Waals surface area contributed by atoms with Crippen molar-refractivity contribution in [1.29, 1.82) is 0 Å². The maximum Gasteiger partial charge on any atom is 0.212 e. The molecule has 5 nitrogen and oxygen atoms in total. The molecule has 1 saturated heterocycles. The fraction of sp³-hybridized carbons (Fsp3) is 0.667. The van der Waals surface area contributed by atoms with Crippen molar-refractivity contribution in [3.05, 3.63) is 30.1 Å². The van der Waals surface area contributed by atoms with Gasteiger partial charge >= 0.3 is 0 Å². The number of hydrogen-bond donors (Lipinski definition) is 1. The first kappa shape index (κ1) is 16.4. The van der Waals surface area contributed by atoms with Gasteiger partial charge in [-0.25, -0.2) is 13.1 Å². The molecular formula is C15H24N2O3S. The van der Waals surface area contributed by atoms with Crippen LogP contribution < -0.4 is 4.72 Å². The molecule has 1 aliphatic rings. The van der Waals surface area contributed by atoms with Crippen LogP contribution >= 0.6 is 0 Å². The summed E-state index contributed by atoms with van der Waals surface area (Å²) >= 11 is 0. The molecule has 0 spiro atoms. The summed E-state index contributed by atoms with van der Waals surface area (Å²) in [5.41, 5.74) is 0.758. The van der Waals surface area contributed by atoms with Crippen molar-refractivity contribution in [2.75, 3.05) is 12.4 Å². The number of nitrogens with one attached hydrogen (secondary N) is 1. The third kappa shape index (κ3) is 5.05. The highest BCUT2D eigenvalue weighted by atomic mass is 32.2. The fourth-order valence-corrected chi connectivity index (χ4v) is 3.98. The summed E-state index contributed by atoms with van der Waals surface area (Å²) < 4.78 is 32.8. The Morgan fingerprint density at radius 1 is 1.43 bits per heavy atom. The van der Waals surface area contributed by atoms with Crippen molar-refractivity contribution in [3.8, 4) is 0 Å². The van der Waals surface area contributed by atoms with Crippen LogP contribution in [0.15, 0.2) is 24.4 Å². The van der Waals surface area contributed by atoms with Crippen LogP contribution in [0.2, 0.25) is 0 Å². The molecule has 2 atom stereocenters. The monoisotopic (exact) mass is 312 g/mol. The van der Waals surface area contributed by atoms with E-state index in [0.717, 1.165) is 25.1 Å². The van der Waals surface area contributed by atoms with Gasteiger partial charge in [-0.2, -0.15) is 0 Å². The zero-order valence-corrected chi connectivity index (χ0v) is 13.5. The summed E-state index contributed by atoms with van der Waals surface area (Å²) in [4.78, 5) is 4.27. The Bertz CT molecular complexity index is 525. The smallest absolute Gasteiger partial charge is 0.212 e. The van der Waals surface area contributed by atoms with Crippen LogP contribution in [0.1, 0.15) is 44.8 Å². The topological polar surface area (TPSA) is 68.3 Å². The van der Waals surface area contributed by atoms with Crippen LogP contribution in [-0.4, -0.2) is 31.9 Å². The zero-order valence-electron chi connectivity index (χ0n) is 12.7. The Morgan fingerprint density at radius 2 is 2.24 bits per heavy atom. The quantitative estimate of drug-likeness (QED) is 0.838. The van der Waals surface area contributed by atoms with E-state index in [4.69, 9.17) is 4.74 Å². The molecule has 0 saturated carbocycles. The molecule has 0 aliphatic carbocycles. The molecule has 1 N–H and O–H groups in total. The number of nitrogens with zero attached hydrogens (tertiary/aromatic N) is 1. The molecule has 21 heavy (non-hydrogen) atoms. The number of hydrogen-bond acceptors (Lipinski definition) is 4. The van der Waals surface area contributed by atoms with Crippen molar-refractivity contribution >= 4 is 10.0 Å². The van der Waals surface area contributed by atoms with Crippen LogP contribution in [0.3, 0.4) is 0 Å². The van der Waals surface area contributed by atoms with E-state index in [0.29, 0.717) is 6.42 Å². The van der Waals surface area contributed by atoms with Crippen LogP contribution in [0.5, 0.6) is 0 Å². The third-order valence-corrected chi connectivity index (χ3v) is 5.10. The lowest BCUT2D eigenvalue weighted by molar-refractivity contribution is 0.108. The molecule has 0 bridgehead atoms. The van der Waals surface area contributed by atoms with Crippen LogP contribution in [0.25, 0.3) is 0 Å². The lowest BCUT2D eigenvalue weighted by Gasteiger charge is -2.22. The van der Waals surface area contributed by atoms with Gasteiger partial charge in [0.15, 0.2) is 0 Å². The zero-order chi connectivity index (χ0) is 15.3. The summed E-state index contributed by atoms with van der Waals surface area (Å²) in [6.07, 6.45) is 4.33. The first-order valence-electron chi connectivity index (χ1n) is 7.50. The second-order valence-corrected chi connectivity index (χ2v) is 7.71. The van der Waals surface area contributed by atoms with Gasteiger partial charge in [-0.1, -0.05) is 19.9 Å². The van der Waals surface area contributed by atoms with Gasteiger partial charge in [-0.05, 0) is 37.3 Å². The first-order valence-corrected chi connectivity index (χ1v) is 9.16. The minimum atomic E-state index is -3.33. The molecule has 118 valence electrons. The van der Waals surface area contributed by atoms with Gasteiger partial charge < -0.3 is 4.74 Å². The molecule has 1 aromatic rings. The molecule has 1 aromatic heterocycles. The number of pyridine rings is 1. The average molecular weight is 312 g/mol. The number of ether oxygens (including phenoxy) is 1. The Kier molecular flexibility index (Phi) is 5.72. The van der Waals surface area contributed by atoms with E-state index in [1.165, 1.54) is 0 Å². The Labute approximate surface area is 127 Å². The van der Waals surface area contributed by atoms with Crippen molar-refractivity contribution in [2.24, 2.45) is 5.92 Å². The molecule has 6 heteroatoms. The van der Waals surface area contributed by atoms with Crippen molar-refractivity contribution in [3.63, 3.8) is 0 Å². The van der Waals surface area contributed by atoms with E-state index in [1.807, 2.05) is 32.0 Å². The Hall–Kier alpha value is -0.980. The summed E-state index contributed by atoms with van der Waals surface area (Å²) in [6, 6.07) is 5.26. The second-order valence-electron chi connectivity index (χ2n) is 5.84. The van der Waals surface area contributed by atoms with Gasteiger partial charge in [0, 0.05) is 12.8 Å². The maximum atomic E-state index is 12.3. The van der Waals surface area contributed by atoms with Crippen molar-refractivity contribution < 1.29 is 13.2 Å². The molecule has 0 aromatic carbocycles. The molecule has 0 unspecified atom stereocenters. The third-order valence-electron chi connectivity index (χ3n) is 3.71. The largest absolute Gasteiger partial charge is 0.378 e. The SMILES string of the molecule is CC(C)[C@H](NS(=O)(=O)CC[C@@H]1CCCO1)c1ccccn1. The van der Waals surface area contributed by atoms with Crippen molar-refractivity contribution in [1.82, 2.24) is 9.71 Å². The van der Waals surface area contributed by atoms with Gasteiger partial charge in [-0.3, -0.25) is 4.98 Å². The van der Waals surface area contributed by atoms with Gasteiger partial charge in [-0.15, -0.1) is 0 Å². The lowest BCUT2D eigenvalue weighted by atomic mass is 10.0. The summed E-state index contributed by atoms with van der Waals surface area (Å²) in [7, 11) is -3.33. The Balaban J connectivity index is 1.98. The predicted octanol–water partition coefficient (Wildman–Crippen LogP) is 2.27. The van der Waals surface area contributed by atoms with Gasteiger partial charge in [0.05, 0.1) is 23.6 Å². The Morgan fingerprint density at radius 3 is 2.81 bits per heavy atom. The van der Waals surface area contributed by atoms with E-state index in [2.05, 4.69) is 9.71 Å². The molecule has 0 radical (unpaired) electrons. The number of rotatable bonds is 7. The highest BCUT2D eigenvalue weighted by Gasteiger charge is 2.25. The molecular weight excluding hydrogens is 288 g/mol. The standard InChI is InChI=1S/C15H24N2O3S/c1-12(2)15(14-7-3-4-9-16-14)17-21(18,19)11-8-13-6-5-10-20-13/h3-4,7,9,12-13,15,17H,5-6,8,10-11H2,1-2H3/t13-,15-/m0/s1.